The van der Waals surface area contributed by atoms with Crippen molar-refractivity contribution in [3.05, 3.63) is 111 Å². The number of rotatable bonds is 8. The van der Waals surface area contributed by atoms with Gasteiger partial charge in [-0.1, -0.05) is 51.1 Å². The summed E-state index contributed by atoms with van der Waals surface area (Å²) in [6.45, 7) is -0.0832. The molecule has 4 aromatic rings. The first kappa shape index (κ1) is 28.6. The fraction of sp³-hybridized carbons (Fsp3) is 0.250. The number of nitrogens with zero attached hydrogens (tertiary/aromatic N) is 5. The Bertz CT molecular complexity index is 1730. The van der Waals surface area contributed by atoms with E-state index in [9.17, 15) is 25.0 Å². The van der Waals surface area contributed by atoms with Crippen molar-refractivity contribution in [1.82, 2.24) is 9.66 Å². The molecular weight excluding hydrogens is 662 g/mol. The topological polar surface area (TPSA) is 143 Å². The fourth-order valence-corrected chi connectivity index (χ4v) is 5.71. The molecule has 0 atom stereocenters. The zero-order chi connectivity index (χ0) is 29.1. The van der Waals surface area contributed by atoms with Crippen LogP contribution in [0, 0.1) is 20.2 Å². The van der Waals surface area contributed by atoms with E-state index in [-0.39, 0.29) is 40.8 Å². The third kappa shape index (κ3) is 6.35. The molecule has 0 unspecified atom stereocenters. The Hall–Kier alpha value is -3.97. The first-order valence-electron chi connectivity index (χ1n) is 12.8. The Morgan fingerprint density at radius 1 is 0.976 bits per heavy atom. The van der Waals surface area contributed by atoms with Crippen molar-refractivity contribution in [3.8, 4) is 5.75 Å². The van der Waals surface area contributed by atoms with Crippen LogP contribution in [0.25, 0.3) is 10.9 Å². The zero-order valence-electron chi connectivity index (χ0n) is 21.5. The van der Waals surface area contributed by atoms with Crippen molar-refractivity contribution >= 4 is 60.4 Å². The molecule has 3 aromatic carbocycles. The van der Waals surface area contributed by atoms with Crippen LogP contribution in [0.4, 0.5) is 11.4 Å². The summed E-state index contributed by atoms with van der Waals surface area (Å²) in [6.07, 6.45) is 6.32. The Balaban J connectivity index is 1.58. The normalized spacial score (nSPS) is 14.0. The van der Waals surface area contributed by atoms with E-state index < -0.39 is 9.85 Å². The van der Waals surface area contributed by atoms with E-state index in [4.69, 9.17) is 9.72 Å². The van der Waals surface area contributed by atoms with Gasteiger partial charge in [-0.2, -0.15) is 9.78 Å². The van der Waals surface area contributed by atoms with E-state index in [2.05, 4.69) is 37.0 Å². The molecule has 1 aromatic heterocycles. The van der Waals surface area contributed by atoms with Gasteiger partial charge in [-0.25, -0.2) is 4.98 Å². The van der Waals surface area contributed by atoms with E-state index in [0.717, 1.165) is 36.6 Å². The third-order valence-electron chi connectivity index (χ3n) is 6.91. The van der Waals surface area contributed by atoms with Gasteiger partial charge in [0.25, 0.3) is 11.2 Å². The molecule has 5 rings (SSSR count). The number of benzene rings is 3. The highest BCUT2D eigenvalue weighted by molar-refractivity contribution is 9.10. The van der Waals surface area contributed by atoms with Gasteiger partial charge in [0, 0.05) is 38.6 Å². The van der Waals surface area contributed by atoms with Crippen LogP contribution in [-0.2, 0) is 6.61 Å². The van der Waals surface area contributed by atoms with Gasteiger partial charge in [-0.15, -0.1) is 0 Å². The van der Waals surface area contributed by atoms with Crippen molar-refractivity contribution in [2.45, 2.75) is 44.6 Å². The third-order valence-corrected chi connectivity index (χ3v) is 7.86. The number of fused-ring (bicyclic) bond motifs is 1. The van der Waals surface area contributed by atoms with Gasteiger partial charge in [0.2, 0.25) is 5.75 Å². The molecular formula is C28H23Br2N5O6. The summed E-state index contributed by atoms with van der Waals surface area (Å²) in [5.74, 6) is 0.555. The smallest absolute Gasteiger partial charge is 0.312 e. The maximum Gasteiger partial charge on any atom is 0.312 e. The van der Waals surface area contributed by atoms with Crippen LogP contribution in [0.5, 0.6) is 5.75 Å². The zero-order valence-corrected chi connectivity index (χ0v) is 24.7. The lowest BCUT2D eigenvalue weighted by atomic mass is 9.88. The molecule has 0 N–H and O–H groups in total. The highest BCUT2D eigenvalue weighted by atomic mass is 79.9. The average Bonchev–Trinajstić information content (AvgIpc) is 2.96. The summed E-state index contributed by atoms with van der Waals surface area (Å²) in [5, 5.41) is 27.8. The van der Waals surface area contributed by atoms with Crippen LogP contribution in [0.15, 0.2) is 73.4 Å². The van der Waals surface area contributed by atoms with Crippen LogP contribution < -0.4 is 10.3 Å². The highest BCUT2D eigenvalue weighted by Gasteiger charge is 2.24. The van der Waals surface area contributed by atoms with Crippen molar-refractivity contribution in [2.24, 2.45) is 5.10 Å². The van der Waals surface area contributed by atoms with E-state index in [1.54, 1.807) is 18.2 Å². The summed E-state index contributed by atoms with van der Waals surface area (Å²) >= 11 is 6.73. The first-order valence-corrected chi connectivity index (χ1v) is 14.4. The molecule has 41 heavy (non-hydrogen) atoms. The molecule has 1 aliphatic carbocycles. The SMILES string of the molecule is O=c1c2cc(Br)ccc2nc(C2CCCCC2)n1N=Cc1cc(Br)cc([N+](=O)[O-])c1OCc1ccc([N+](=O)[O-])cc1. The lowest BCUT2D eigenvalue weighted by Gasteiger charge is -2.22. The van der Waals surface area contributed by atoms with Gasteiger partial charge in [-0.05, 0) is 54.8 Å². The van der Waals surface area contributed by atoms with Gasteiger partial charge >= 0.3 is 5.69 Å². The monoisotopic (exact) mass is 683 g/mol. The fourth-order valence-electron chi connectivity index (χ4n) is 4.88. The second kappa shape index (κ2) is 12.3. The molecule has 210 valence electrons. The largest absolute Gasteiger partial charge is 0.481 e. The minimum Gasteiger partial charge on any atom is -0.481 e. The summed E-state index contributed by atoms with van der Waals surface area (Å²) in [6, 6.07) is 14.0. The molecule has 0 amide bonds. The number of hydrogen-bond acceptors (Lipinski definition) is 8. The number of aromatic nitrogens is 2. The molecule has 0 bridgehead atoms. The first-order chi connectivity index (χ1) is 19.7. The minimum atomic E-state index is -0.567. The van der Waals surface area contributed by atoms with Gasteiger partial charge in [0.15, 0.2) is 0 Å². The number of non-ortho nitro benzene ring substituents is 1. The quantitative estimate of drug-likeness (QED) is 0.108. The van der Waals surface area contributed by atoms with Gasteiger partial charge in [0.1, 0.15) is 12.4 Å². The maximum atomic E-state index is 13.7. The lowest BCUT2D eigenvalue weighted by molar-refractivity contribution is -0.386. The second-order valence-electron chi connectivity index (χ2n) is 9.64. The van der Waals surface area contributed by atoms with Crippen LogP contribution in [-0.4, -0.2) is 25.7 Å². The van der Waals surface area contributed by atoms with Crippen LogP contribution in [0.3, 0.4) is 0 Å². The predicted octanol–water partition coefficient (Wildman–Crippen LogP) is 7.25. The Kier molecular flexibility index (Phi) is 8.54. The molecule has 11 nitrogen and oxygen atoms in total. The molecule has 1 saturated carbocycles. The molecule has 13 heteroatoms. The molecule has 0 aliphatic heterocycles. The number of hydrogen-bond donors (Lipinski definition) is 0. The van der Waals surface area contributed by atoms with Crippen molar-refractivity contribution in [2.75, 3.05) is 0 Å². The van der Waals surface area contributed by atoms with E-state index in [0.29, 0.717) is 26.8 Å². The van der Waals surface area contributed by atoms with Crippen LogP contribution in [0.2, 0.25) is 0 Å². The van der Waals surface area contributed by atoms with Crippen molar-refractivity contribution in [1.29, 1.82) is 0 Å². The molecule has 0 radical (unpaired) electrons. The van der Waals surface area contributed by atoms with Crippen molar-refractivity contribution in [3.63, 3.8) is 0 Å². The molecule has 0 spiro atoms. The van der Waals surface area contributed by atoms with E-state index >= 15 is 0 Å². The molecule has 1 aliphatic rings. The molecule has 1 fully saturated rings. The summed E-state index contributed by atoms with van der Waals surface area (Å²) < 4.78 is 8.33. The second-order valence-corrected chi connectivity index (χ2v) is 11.5. The molecule has 1 heterocycles. The summed E-state index contributed by atoms with van der Waals surface area (Å²) in [5.41, 5.74) is 0.704. The van der Waals surface area contributed by atoms with Crippen LogP contribution in [0.1, 0.15) is 55.0 Å². The minimum absolute atomic E-state index is 0.0518. The number of halogens is 2. The Morgan fingerprint density at radius 3 is 2.39 bits per heavy atom. The van der Waals surface area contributed by atoms with Gasteiger partial charge < -0.3 is 4.74 Å². The van der Waals surface area contributed by atoms with Crippen LogP contribution >= 0.6 is 31.9 Å². The number of nitro benzene ring substituents is 2. The molecule has 0 saturated heterocycles. The summed E-state index contributed by atoms with van der Waals surface area (Å²) in [7, 11) is 0. The van der Waals surface area contributed by atoms with Gasteiger partial charge in [0.05, 0.1) is 27.0 Å². The summed E-state index contributed by atoms with van der Waals surface area (Å²) in [4.78, 5) is 40.3. The predicted molar refractivity (Wildman–Crippen MR) is 161 cm³/mol. The highest BCUT2D eigenvalue weighted by Crippen LogP contribution is 2.35. The Morgan fingerprint density at radius 2 is 1.71 bits per heavy atom. The Labute approximate surface area is 250 Å². The van der Waals surface area contributed by atoms with Gasteiger partial charge in [-0.3, -0.25) is 25.0 Å². The van der Waals surface area contributed by atoms with E-state index in [1.807, 2.05) is 6.07 Å². The standard InChI is InChI=1S/C28H23Br2N5O6/c29-20-8-11-24-23(13-20)28(36)33(27(32-24)18-4-2-1-3-5-18)31-15-19-12-21(30)14-25(35(39)40)26(19)41-16-17-6-9-22(10-7-17)34(37)38/h6-15,18H,1-5,16H2. The number of ether oxygens (including phenoxy) is 1. The number of nitro groups is 2. The lowest BCUT2D eigenvalue weighted by Crippen LogP contribution is -2.25. The van der Waals surface area contributed by atoms with E-state index in [1.165, 1.54) is 41.2 Å². The maximum absolute atomic E-state index is 13.7. The average molecular weight is 685 g/mol. The van der Waals surface area contributed by atoms with Crippen molar-refractivity contribution < 1.29 is 14.6 Å².